The Hall–Kier alpha value is -2.54. The van der Waals surface area contributed by atoms with Gasteiger partial charge in [-0.3, -0.25) is 4.79 Å². The van der Waals surface area contributed by atoms with Crippen LogP contribution in [0.5, 0.6) is 11.5 Å². The van der Waals surface area contributed by atoms with Gasteiger partial charge in [-0.05, 0) is 38.8 Å². The summed E-state index contributed by atoms with van der Waals surface area (Å²) in [4.78, 5) is 18.7. The molecular weight excluding hydrogens is 346 g/mol. The van der Waals surface area contributed by atoms with E-state index >= 15 is 0 Å². The van der Waals surface area contributed by atoms with Gasteiger partial charge in [-0.25, -0.2) is 4.98 Å². The molecule has 0 bridgehead atoms. The van der Waals surface area contributed by atoms with Crippen LogP contribution in [-0.2, 0) is 11.3 Å². The van der Waals surface area contributed by atoms with E-state index in [1.54, 1.807) is 37.3 Å². The molecule has 1 aliphatic heterocycles. The summed E-state index contributed by atoms with van der Waals surface area (Å²) in [5, 5.41) is 10.9. The Morgan fingerprint density at radius 3 is 2.56 bits per heavy atom. The van der Waals surface area contributed by atoms with Crippen LogP contribution in [0.1, 0.15) is 25.6 Å². The van der Waals surface area contributed by atoms with Gasteiger partial charge >= 0.3 is 0 Å². The Morgan fingerprint density at radius 1 is 1.30 bits per heavy atom. The van der Waals surface area contributed by atoms with Gasteiger partial charge < -0.3 is 24.0 Å². The summed E-state index contributed by atoms with van der Waals surface area (Å²) in [7, 11) is 1.57. The Labute approximate surface area is 159 Å². The summed E-state index contributed by atoms with van der Waals surface area (Å²) in [6.07, 6.45) is 4.03. The molecule has 1 saturated heterocycles. The number of rotatable bonds is 6. The zero-order chi connectivity index (χ0) is 19.4. The fourth-order valence-corrected chi connectivity index (χ4v) is 3.40. The van der Waals surface area contributed by atoms with E-state index in [2.05, 4.69) is 4.98 Å². The van der Waals surface area contributed by atoms with E-state index in [0.717, 1.165) is 5.82 Å². The SMILES string of the molecule is COc1ccccc1O[C@@H](C)C(=O)N1CCC(O)(Cn2ccnc2C)CC1. The standard InChI is InChI=1S/C20H27N3O4/c1-15(27-18-7-5-4-6-17(18)26-3)19(24)22-11-8-20(25,9-12-22)14-23-13-10-21-16(23)2/h4-7,10,13,15,25H,8-9,11-12,14H2,1-3H3/t15-/m0/s1. The van der Waals surface area contributed by atoms with Crippen molar-refractivity contribution >= 4 is 5.91 Å². The van der Waals surface area contributed by atoms with E-state index < -0.39 is 11.7 Å². The average molecular weight is 373 g/mol. The van der Waals surface area contributed by atoms with E-state index in [0.29, 0.717) is 44.0 Å². The maximum Gasteiger partial charge on any atom is 0.263 e. The topological polar surface area (TPSA) is 76.8 Å². The number of nitrogens with zero attached hydrogens (tertiary/aromatic N) is 3. The van der Waals surface area contributed by atoms with Crippen LogP contribution in [0, 0.1) is 6.92 Å². The maximum atomic E-state index is 12.7. The average Bonchev–Trinajstić information content (AvgIpc) is 3.06. The molecule has 2 aromatic rings. The molecule has 7 heteroatoms. The van der Waals surface area contributed by atoms with E-state index in [9.17, 15) is 9.90 Å². The summed E-state index contributed by atoms with van der Waals surface area (Å²) in [5.74, 6) is 1.94. The summed E-state index contributed by atoms with van der Waals surface area (Å²) in [6.45, 7) is 5.16. The predicted molar refractivity (Wildman–Crippen MR) is 101 cm³/mol. The van der Waals surface area contributed by atoms with Gasteiger partial charge in [0.25, 0.3) is 5.91 Å². The fraction of sp³-hybridized carbons (Fsp3) is 0.500. The molecule has 0 unspecified atom stereocenters. The second-order valence-corrected chi connectivity index (χ2v) is 7.06. The van der Waals surface area contributed by atoms with E-state index in [1.165, 1.54) is 0 Å². The number of aromatic nitrogens is 2. The highest BCUT2D eigenvalue weighted by molar-refractivity contribution is 5.81. The normalized spacial score (nSPS) is 17.4. The number of amides is 1. The first-order valence-corrected chi connectivity index (χ1v) is 9.20. The largest absolute Gasteiger partial charge is 0.493 e. The number of carbonyl (C=O) groups excluding carboxylic acids is 1. The van der Waals surface area contributed by atoms with Gasteiger partial charge in [0, 0.05) is 25.5 Å². The lowest BCUT2D eigenvalue weighted by atomic mass is 9.91. The molecule has 1 aromatic carbocycles. The summed E-state index contributed by atoms with van der Waals surface area (Å²) in [5.41, 5.74) is -0.824. The summed E-state index contributed by atoms with van der Waals surface area (Å²) in [6, 6.07) is 7.27. The third-order valence-electron chi connectivity index (χ3n) is 5.11. The second-order valence-electron chi connectivity index (χ2n) is 7.06. The highest BCUT2D eigenvalue weighted by Gasteiger charge is 2.36. The van der Waals surface area contributed by atoms with Gasteiger partial charge in [0.15, 0.2) is 17.6 Å². The minimum Gasteiger partial charge on any atom is -0.493 e. The number of methoxy groups -OCH3 is 1. The van der Waals surface area contributed by atoms with Crippen LogP contribution in [0.25, 0.3) is 0 Å². The number of para-hydroxylation sites is 2. The van der Waals surface area contributed by atoms with Crippen molar-refractivity contribution in [2.24, 2.45) is 0 Å². The van der Waals surface area contributed by atoms with Gasteiger partial charge in [-0.1, -0.05) is 12.1 Å². The smallest absolute Gasteiger partial charge is 0.263 e. The molecule has 0 saturated carbocycles. The second kappa shape index (κ2) is 8.00. The number of hydrogen-bond donors (Lipinski definition) is 1. The Morgan fingerprint density at radius 2 is 1.96 bits per heavy atom. The van der Waals surface area contributed by atoms with Gasteiger partial charge in [-0.2, -0.15) is 0 Å². The zero-order valence-electron chi connectivity index (χ0n) is 16.1. The van der Waals surface area contributed by atoms with E-state index in [1.807, 2.05) is 29.8 Å². The molecule has 1 N–H and O–H groups in total. The Kier molecular flexibility index (Phi) is 5.70. The van der Waals surface area contributed by atoms with Crippen LogP contribution in [0.4, 0.5) is 0 Å². The van der Waals surface area contributed by atoms with Crippen LogP contribution in [-0.4, -0.2) is 57.4 Å². The van der Waals surface area contributed by atoms with Gasteiger partial charge in [-0.15, -0.1) is 0 Å². The lowest BCUT2D eigenvalue weighted by Gasteiger charge is -2.39. The number of hydrogen-bond acceptors (Lipinski definition) is 5. The van der Waals surface area contributed by atoms with Crippen LogP contribution in [0.15, 0.2) is 36.7 Å². The number of aliphatic hydroxyl groups is 1. The highest BCUT2D eigenvalue weighted by atomic mass is 16.5. The first-order valence-electron chi connectivity index (χ1n) is 9.20. The molecule has 1 aliphatic rings. The molecule has 146 valence electrons. The van der Waals surface area contributed by atoms with Crippen molar-refractivity contribution in [2.75, 3.05) is 20.2 Å². The monoisotopic (exact) mass is 373 g/mol. The third-order valence-corrected chi connectivity index (χ3v) is 5.11. The van der Waals surface area contributed by atoms with Crippen molar-refractivity contribution in [1.29, 1.82) is 0 Å². The summed E-state index contributed by atoms with van der Waals surface area (Å²) >= 11 is 0. The van der Waals surface area contributed by atoms with Gasteiger partial charge in [0.05, 0.1) is 19.3 Å². The molecule has 0 spiro atoms. The van der Waals surface area contributed by atoms with Crippen molar-refractivity contribution in [3.05, 3.63) is 42.5 Å². The molecular formula is C20H27N3O4. The van der Waals surface area contributed by atoms with Crippen molar-refractivity contribution in [3.8, 4) is 11.5 Å². The number of likely N-dealkylation sites (tertiary alicyclic amines) is 1. The predicted octanol–water partition coefficient (Wildman–Crippen LogP) is 2.02. The molecule has 27 heavy (non-hydrogen) atoms. The number of benzene rings is 1. The molecule has 1 amide bonds. The molecule has 0 aliphatic carbocycles. The van der Waals surface area contributed by atoms with Crippen molar-refractivity contribution in [2.45, 2.75) is 44.9 Å². The van der Waals surface area contributed by atoms with Crippen molar-refractivity contribution in [3.63, 3.8) is 0 Å². The van der Waals surface area contributed by atoms with Gasteiger partial charge in [0.1, 0.15) is 5.82 Å². The molecule has 3 rings (SSSR count). The van der Waals surface area contributed by atoms with Crippen LogP contribution in [0.2, 0.25) is 0 Å². The molecule has 1 fully saturated rings. The number of ether oxygens (including phenoxy) is 2. The van der Waals surface area contributed by atoms with E-state index in [4.69, 9.17) is 9.47 Å². The lowest BCUT2D eigenvalue weighted by molar-refractivity contribution is -0.142. The Balaban J connectivity index is 1.57. The Bertz CT molecular complexity index is 781. The molecule has 7 nitrogen and oxygen atoms in total. The summed E-state index contributed by atoms with van der Waals surface area (Å²) < 4.78 is 13.0. The minimum atomic E-state index is -0.824. The van der Waals surface area contributed by atoms with E-state index in [-0.39, 0.29) is 5.91 Å². The molecule has 1 atom stereocenters. The van der Waals surface area contributed by atoms with Crippen molar-refractivity contribution < 1.29 is 19.4 Å². The maximum absolute atomic E-state index is 12.7. The van der Waals surface area contributed by atoms with Gasteiger partial charge in [0.2, 0.25) is 0 Å². The number of imidazole rings is 1. The van der Waals surface area contributed by atoms with Crippen LogP contribution >= 0.6 is 0 Å². The first kappa shape index (κ1) is 19.2. The number of piperidine rings is 1. The van der Waals surface area contributed by atoms with Crippen LogP contribution in [0.3, 0.4) is 0 Å². The van der Waals surface area contributed by atoms with Crippen molar-refractivity contribution in [1.82, 2.24) is 14.5 Å². The number of aryl methyl sites for hydroxylation is 1. The lowest BCUT2D eigenvalue weighted by Crippen LogP contribution is -2.51. The highest BCUT2D eigenvalue weighted by Crippen LogP contribution is 2.28. The quantitative estimate of drug-likeness (QED) is 0.838. The molecule has 2 heterocycles. The first-order chi connectivity index (χ1) is 12.9. The fourth-order valence-electron chi connectivity index (χ4n) is 3.40. The minimum absolute atomic E-state index is 0.0817. The molecule has 1 aromatic heterocycles. The third kappa shape index (κ3) is 4.42. The molecule has 0 radical (unpaired) electrons. The zero-order valence-corrected chi connectivity index (χ0v) is 16.1. The number of carbonyl (C=O) groups is 1. The van der Waals surface area contributed by atoms with Crippen LogP contribution < -0.4 is 9.47 Å².